The molecule has 7 nitrogen and oxygen atoms in total. The highest BCUT2D eigenvalue weighted by atomic mass is 32.2. The van der Waals surface area contributed by atoms with Crippen molar-refractivity contribution in [2.45, 2.75) is 36.8 Å². The van der Waals surface area contributed by atoms with E-state index in [1.54, 1.807) is 4.90 Å². The van der Waals surface area contributed by atoms with Gasteiger partial charge in [-0.2, -0.15) is 13.2 Å². The first-order chi connectivity index (χ1) is 13.1. The Morgan fingerprint density at radius 1 is 1.14 bits per heavy atom. The zero-order valence-electron chi connectivity index (χ0n) is 15.0. The molecule has 0 radical (unpaired) electrons. The van der Waals surface area contributed by atoms with Gasteiger partial charge in [0.25, 0.3) is 5.91 Å². The number of ether oxygens (including phenoxy) is 1. The molecule has 0 atom stereocenters. The zero-order chi connectivity index (χ0) is 20.8. The summed E-state index contributed by atoms with van der Waals surface area (Å²) in [7, 11) is -4.22. The van der Waals surface area contributed by atoms with Gasteiger partial charge >= 0.3 is 12.1 Å². The van der Waals surface area contributed by atoms with Crippen LogP contribution in [0.2, 0.25) is 0 Å². The molecular formula is C17H21F3N2O5S. The lowest BCUT2D eigenvalue weighted by Crippen LogP contribution is -2.38. The minimum atomic E-state index is -4.67. The zero-order valence-corrected chi connectivity index (χ0v) is 15.8. The Morgan fingerprint density at radius 2 is 1.82 bits per heavy atom. The van der Waals surface area contributed by atoms with Crippen molar-refractivity contribution >= 4 is 21.9 Å². The summed E-state index contributed by atoms with van der Waals surface area (Å²) in [5, 5.41) is 0. The molecule has 0 unspecified atom stereocenters. The van der Waals surface area contributed by atoms with E-state index in [2.05, 4.69) is 0 Å². The number of hydrogen-bond acceptors (Lipinski definition) is 5. The Kier molecular flexibility index (Phi) is 7.41. The van der Waals surface area contributed by atoms with Gasteiger partial charge in [0.2, 0.25) is 10.0 Å². The Hall–Kier alpha value is -2.14. The monoisotopic (exact) mass is 422 g/mol. The van der Waals surface area contributed by atoms with E-state index >= 15 is 0 Å². The van der Waals surface area contributed by atoms with Crippen molar-refractivity contribution < 1.29 is 35.9 Å². The van der Waals surface area contributed by atoms with Gasteiger partial charge in [-0.3, -0.25) is 9.59 Å². The Bertz CT molecular complexity index is 805. The number of alkyl halides is 3. The molecule has 156 valence electrons. The minimum Gasteiger partial charge on any atom is -0.456 e. The van der Waals surface area contributed by atoms with Crippen LogP contribution < -0.4 is 4.72 Å². The van der Waals surface area contributed by atoms with Gasteiger partial charge in [-0.05, 0) is 37.5 Å². The molecule has 11 heteroatoms. The average molecular weight is 422 g/mol. The fourth-order valence-corrected chi connectivity index (χ4v) is 3.74. The summed E-state index contributed by atoms with van der Waals surface area (Å²) < 4.78 is 69.1. The van der Waals surface area contributed by atoms with Crippen molar-refractivity contribution in [3.8, 4) is 0 Å². The predicted octanol–water partition coefficient (Wildman–Crippen LogP) is 1.93. The highest BCUT2D eigenvalue weighted by Gasteiger charge is 2.31. The number of esters is 1. The van der Waals surface area contributed by atoms with E-state index < -0.39 is 39.2 Å². The molecule has 1 fully saturated rings. The Morgan fingerprint density at radius 3 is 2.46 bits per heavy atom. The van der Waals surface area contributed by atoms with Crippen LogP contribution in [0.15, 0.2) is 29.2 Å². The summed E-state index contributed by atoms with van der Waals surface area (Å²) in [5.74, 6) is -1.09. The summed E-state index contributed by atoms with van der Waals surface area (Å²) in [6, 6.07) is 3.28. The van der Waals surface area contributed by atoms with E-state index in [0.29, 0.717) is 19.2 Å². The fourth-order valence-electron chi connectivity index (χ4n) is 2.66. The number of rotatable bonds is 7. The fraction of sp³-hybridized carbons (Fsp3) is 0.529. The predicted molar refractivity (Wildman–Crippen MR) is 92.6 cm³/mol. The summed E-state index contributed by atoms with van der Waals surface area (Å²) in [4.78, 5) is 24.6. The van der Waals surface area contributed by atoms with Crippen LogP contribution >= 0.6 is 0 Å². The van der Waals surface area contributed by atoms with Gasteiger partial charge in [-0.15, -0.1) is 0 Å². The first-order valence-electron chi connectivity index (χ1n) is 8.70. The van der Waals surface area contributed by atoms with Crippen molar-refractivity contribution in [1.82, 2.24) is 9.62 Å². The van der Waals surface area contributed by atoms with Crippen LogP contribution in [0.25, 0.3) is 0 Å². The smallest absolute Gasteiger partial charge is 0.416 e. The van der Waals surface area contributed by atoms with Crippen LogP contribution in [0.5, 0.6) is 0 Å². The molecule has 1 aromatic carbocycles. The molecule has 0 spiro atoms. The maximum Gasteiger partial charge on any atom is 0.416 e. The van der Waals surface area contributed by atoms with E-state index in [-0.39, 0.29) is 18.9 Å². The third-order valence-electron chi connectivity index (χ3n) is 4.16. The number of likely N-dealkylation sites (tertiary alicyclic amines) is 1. The highest BCUT2D eigenvalue weighted by molar-refractivity contribution is 7.89. The maximum absolute atomic E-state index is 12.7. The molecule has 1 aromatic rings. The second kappa shape index (κ2) is 9.37. The lowest BCUT2D eigenvalue weighted by atomic mass is 10.1. The maximum atomic E-state index is 12.7. The molecule has 1 aliphatic rings. The van der Waals surface area contributed by atoms with Crippen LogP contribution in [0, 0.1) is 0 Å². The first-order valence-corrected chi connectivity index (χ1v) is 10.2. The molecule has 28 heavy (non-hydrogen) atoms. The average Bonchev–Trinajstić information content (AvgIpc) is 2.66. The van der Waals surface area contributed by atoms with Gasteiger partial charge in [-0.25, -0.2) is 13.1 Å². The van der Waals surface area contributed by atoms with Crippen molar-refractivity contribution in [3.63, 3.8) is 0 Å². The van der Waals surface area contributed by atoms with Crippen molar-refractivity contribution in [2.24, 2.45) is 0 Å². The molecular weight excluding hydrogens is 401 g/mol. The molecule has 1 amide bonds. The summed E-state index contributed by atoms with van der Waals surface area (Å²) in [6.07, 6.45) is -2.18. The van der Waals surface area contributed by atoms with Crippen LogP contribution in [0.4, 0.5) is 13.2 Å². The lowest BCUT2D eigenvalue weighted by Gasteiger charge is -2.26. The molecule has 0 saturated carbocycles. The second-order valence-electron chi connectivity index (χ2n) is 6.28. The quantitative estimate of drug-likeness (QED) is 0.678. The van der Waals surface area contributed by atoms with E-state index in [4.69, 9.17) is 4.74 Å². The molecule has 1 heterocycles. The van der Waals surface area contributed by atoms with Crippen LogP contribution in [0.1, 0.15) is 31.2 Å². The number of carbonyl (C=O) groups excluding carboxylic acids is 2. The molecule has 1 N–H and O–H groups in total. The van der Waals surface area contributed by atoms with E-state index in [1.807, 2.05) is 4.72 Å². The number of hydrogen-bond donors (Lipinski definition) is 1. The standard InChI is InChI=1S/C17H21F3N2O5S/c18-17(19,20)13-5-4-6-14(11-13)28(25,26)21-8-7-16(24)27-12-15(23)22-9-2-1-3-10-22/h4-6,11,21H,1-3,7-10,12H2. The largest absolute Gasteiger partial charge is 0.456 e. The van der Waals surface area contributed by atoms with Gasteiger partial charge in [0.05, 0.1) is 16.9 Å². The lowest BCUT2D eigenvalue weighted by molar-refractivity contribution is -0.152. The van der Waals surface area contributed by atoms with Gasteiger partial charge in [-0.1, -0.05) is 6.07 Å². The van der Waals surface area contributed by atoms with E-state index in [0.717, 1.165) is 37.5 Å². The number of sulfonamides is 1. The van der Waals surface area contributed by atoms with E-state index in [1.165, 1.54) is 0 Å². The molecule has 0 aromatic heterocycles. The third-order valence-corrected chi connectivity index (χ3v) is 5.62. The number of amides is 1. The minimum absolute atomic E-state index is 0.308. The van der Waals surface area contributed by atoms with Gasteiger partial charge in [0.1, 0.15) is 0 Å². The van der Waals surface area contributed by atoms with Crippen molar-refractivity contribution in [1.29, 1.82) is 0 Å². The normalized spacial score (nSPS) is 15.3. The van der Waals surface area contributed by atoms with Gasteiger partial charge < -0.3 is 9.64 Å². The summed E-state index contributed by atoms with van der Waals surface area (Å²) in [6.45, 7) is 0.453. The van der Waals surface area contributed by atoms with Crippen molar-refractivity contribution in [3.05, 3.63) is 29.8 Å². The SMILES string of the molecule is O=C(CCNS(=O)(=O)c1cccc(C(F)(F)F)c1)OCC(=O)N1CCCCC1. The van der Waals surface area contributed by atoms with Crippen molar-refractivity contribution in [2.75, 3.05) is 26.2 Å². The topological polar surface area (TPSA) is 92.8 Å². The van der Waals surface area contributed by atoms with Crippen LogP contribution in [0.3, 0.4) is 0 Å². The van der Waals surface area contributed by atoms with E-state index in [9.17, 15) is 31.2 Å². The number of benzene rings is 1. The van der Waals surface area contributed by atoms with Gasteiger partial charge in [0, 0.05) is 19.6 Å². The molecule has 1 saturated heterocycles. The molecule has 1 aliphatic heterocycles. The number of piperidine rings is 1. The highest BCUT2D eigenvalue weighted by Crippen LogP contribution is 2.30. The molecule has 0 aliphatic carbocycles. The number of halogens is 3. The molecule has 0 bridgehead atoms. The number of nitrogens with zero attached hydrogens (tertiary/aromatic N) is 1. The summed E-state index contributed by atoms with van der Waals surface area (Å²) >= 11 is 0. The first kappa shape index (κ1) is 22.2. The Labute approximate surface area is 160 Å². The second-order valence-corrected chi connectivity index (χ2v) is 8.04. The number of carbonyl (C=O) groups is 2. The number of nitrogens with one attached hydrogen (secondary N) is 1. The third kappa shape index (κ3) is 6.48. The molecule has 2 rings (SSSR count). The Balaban J connectivity index is 1.80. The van der Waals surface area contributed by atoms with Gasteiger partial charge in [0.15, 0.2) is 6.61 Å². The van der Waals surface area contributed by atoms with Crippen LogP contribution in [-0.2, 0) is 30.5 Å². The summed E-state index contributed by atoms with van der Waals surface area (Å²) in [5.41, 5.74) is -1.09. The van der Waals surface area contributed by atoms with Crippen LogP contribution in [-0.4, -0.2) is 51.4 Å².